The molecule has 0 spiro atoms. The highest BCUT2D eigenvalue weighted by Gasteiger charge is 2.53. The Labute approximate surface area is 649 Å². The fourth-order valence-electron chi connectivity index (χ4n) is 17.6. The van der Waals surface area contributed by atoms with Crippen LogP contribution in [0.5, 0.6) is 0 Å². The second-order valence-corrected chi connectivity index (χ2v) is 33.0. The van der Waals surface area contributed by atoms with Gasteiger partial charge in [0, 0.05) is 62.7 Å². The van der Waals surface area contributed by atoms with Crippen LogP contribution in [0.1, 0.15) is 245 Å². The van der Waals surface area contributed by atoms with Crippen LogP contribution in [-0.4, -0.2) is 11.6 Å². The Hall–Kier alpha value is -10.6. The van der Waals surface area contributed by atoms with Crippen molar-refractivity contribution in [1.82, 2.24) is 0 Å². The Morgan fingerprint density at radius 1 is 0.370 bits per heavy atom. The number of carbonyl (C=O) groups is 2. The summed E-state index contributed by atoms with van der Waals surface area (Å²) < 4.78 is 0. The maximum absolute atomic E-state index is 14.4. The smallest absolute Gasteiger partial charge is 0.194 e. The van der Waals surface area contributed by atoms with Crippen LogP contribution in [0.25, 0.3) is 53.4 Å². The van der Waals surface area contributed by atoms with Gasteiger partial charge < -0.3 is 0 Å². The van der Waals surface area contributed by atoms with Crippen LogP contribution in [0.15, 0.2) is 228 Å². The largest absolute Gasteiger partial charge is 0.289 e. The molecule has 0 N–H and O–H groups in total. The predicted molar refractivity (Wildman–Crippen MR) is 446 cm³/mol. The van der Waals surface area contributed by atoms with Gasteiger partial charge in [0.15, 0.2) is 11.6 Å². The maximum Gasteiger partial charge on any atom is 0.194 e. The molecule has 108 heavy (non-hydrogen) atoms. The van der Waals surface area contributed by atoms with Gasteiger partial charge in [0.25, 0.3) is 0 Å². The van der Waals surface area contributed by atoms with Crippen molar-refractivity contribution in [2.75, 3.05) is 0 Å². The number of nitriles is 4. The lowest BCUT2D eigenvalue weighted by Gasteiger charge is -2.36. The average molecular weight is 1460 g/mol. The zero-order valence-corrected chi connectivity index (χ0v) is 64.8. The van der Waals surface area contributed by atoms with Gasteiger partial charge in [-0.15, -0.1) is 34.0 Å². The number of allylic oxidation sites excluding steroid dienone is 11. The number of benzene rings is 7. The van der Waals surface area contributed by atoms with E-state index >= 15 is 0 Å². The van der Waals surface area contributed by atoms with Crippen molar-refractivity contribution in [3.05, 3.63) is 327 Å². The van der Waals surface area contributed by atoms with E-state index in [1.54, 1.807) is 23.5 Å². The summed E-state index contributed by atoms with van der Waals surface area (Å²) in [6.45, 7) is 9.09. The van der Waals surface area contributed by atoms with Crippen molar-refractivity contribution in [3.63, 3.8) is 0 Å². The molecule has 0 bridgehead atoms. The topological polar surface area (TPSA) is 129 Å². The molecular weight excluding hydrogens is 1370 g/mol. The van der Waals surface area contributed by atoms with Crippen LogP contribution < -0.4 is 0 Å². The first-order valence-electron chi connectivity index (χ1n) is 39.2. The average Bonchev–Trinajstić information content (AvgIpc) is 1.50. The number of Topliss-reactive ketones (excluding diaryl/α,β-unsaturated/α-hetero) is 2. The number of rotatable bonds is 28. The minimum atomic E-state index is -0.781. The van der Waals surface area contributed by atoms with E-state index in [0.29, 0.717) is 51.0 Å². The van der Waals surface area contributed by atoms with Gasteiger partial charge in [-0.3, -0.25) is 9.59 Å². The number of nitrogens with zero attached hydrogens (tertiary/aromatic N) is 4. The molecule has 3 heterocycles. The van der Waals surface area contributed by atoms with Gasteiger partial charge in [-0.2, -0.15) is 21.0 Å². The zero-order chi connectivity index (χ0) is 74.5. The predicted octanol–water partition coefficient (Wildman–Crippen LogP) is 26.2. The van der Waals surface area contributed by atoms with Crippen LogP contribution >= 0.6 is 34.0 Å². The van der Waals surface area contributed by atoms with E-state index < -0.39 is 10.8 Å². The van der Waals surface area contributed by atoms with E-state index in [1.807, 2.05) is 71.2 Å². The first kappa shape index (κ1) is 72.9. The van der Waals surface area contributed by atoms with Crippen molar-refractivity contribution in [3.8, 4) is 54.9 Å². The van der Waals surface area contributed by atoms with Gasteiger partial charge in [0.1, 0.15) is 35.4 Å². The summed E-state index contributed by atoms with van der Waals surface area (Å²) in [5, 5.41) is 41.2. The van der Waals surface area contributed by atoms with Crippen molar-refractivity contribution < 1.29 is 9.59 Å². The van der Waals surface area contributed by atoms with E-state index in [9.17, 15) is 30.6 Å². The fourth-order valence-corrected chi connectivity index (χ4v) is 21.1. The van der Waals surface area contributed by atoms with Gasteiger partial charge in [-0.1, -0.05) is 262 Å². The van der Waals surface area contributed by atoms with Gasteiger partial charge >= 0.3 is 0 Å². The maximum atomic E-state index is 14.4. The minimum Gasteiger partial charge on any atom is -0.289 e. The lowest BCUT2D eigenvalue weighted by atomic mass is 9.65. The molecule has 9 heteroatoms. The molecule has 3 aromatic heterocycles. The number of unbranched alkanes of at least 4 members (excludes halogenated alkanes) is 12. The molecule has 0 amide bonds. The second-order valence-electron chi connectivity index (χ2n) is 29.8. The third kappa shape index (κ3) is 13.2. The number of hydrogen-bond donors (Lipinski definition) is 0. The summed E-state index contributed by atoms with van der Waals surface area (Å²) in [6.07, 6.45) is 31.7. The van der Waals surface area contributed by atoms with Gasteiger partial charge in [-0.25, -0.2) is 0 Å². The molecule has 7 aromatic carbocycles. The van der Waals surface area contributed by atoms with Crippen molar-refractivity contribution in [2.24, 2.45) is 0 Å². The first-order chi connectivity index (χ1) is 53.0. The molecule has 10 aromatic rings. The third-order valence-electron chi connectivity index (χ3n) is 23.1. The lowest BCUT2D eigenvalue weighted by Crippen LogP contribution is -2.30. The molecule has 0 unspecified atom stereocenters. The Morgan fingerprint density at radius 3 is 1.13 bits per heavy atom. The molecule has 6 nitrogen and oxygen atoms in total. The van der Waals surface area contributed by atoms with Gasteiger partial charge in [0.05, 0.1) is 10.8 Å². The third-order valence-corrected chi connectivity index (χ3v) is 26.7. The summed E-state index contributed by atoms with van der Waals surface area (Å²) in [7, 11) is 0. The van der Waals surface area contributed by atoms with Crippen molar-refractivity contribution in [2.45, 2.75) is 173 Å². The molecule has 0 radical (unpaired) electrons. The molecule has 534 valence electrons. The van der Waals surface area contributed by atoms with E-state index in [0.717, 1.165) is 82.0 Å². The van der Waals surface area contributed by atoms with Gasteiger partial charge in [-0.05, 0) is 206 Å². The Morgan fingerprint density at radius 2 is 0.741 bits per heavy atom. The van der Waals surface area contributed by atoms with Crippen molar-refractivity contribution >= 4 is 68.4 Å². The number of fused-ring (bicyclic) bond motifs is 8. The summed E-state index contributed by atoms with van der Waals surface area (Å²) in [4.78, 5) is 35.4. The molecule has 0 atom stereocenters. The highest BCUT2D eigenvalue weighted by atomic mass is 32.1. The quantitative estimate of drug-likeness (QED) is 0.0273. The summed E-state index contributed by atoms with van der Waals surface area (Å²) in [5.74, 6) is -0.374. The summed E-state index contributed by atoms with van der Waals surface area (Å²) in [5.41, 5.74) is 21.7. The number of ketones is 2. The van der Waals surface area contributed by atoms with Crippen LogP contribution in [0.4, 0.5) is 0 Å². The van der Waals surface area contributed by atoms with Gasteiger partial charge in [0.2, 0.25) is 0 Å². The first-order valence-corrected chi connectivity index (χ1v) is 41.7. The molecule has 5 aliphatic rings. The Kier molecular flexibility index (Phi) is 21.6. The van der Waals surface area contributed by atoms with Crippen LogP contribution in [0, 0.1) is 45.3 Å². The molecule has 0 fully saturated rings. The summed E-state index contributed by atoms with van der Waals surface area (Å²) in [6, 6.07) is 76.1. The van der Waals surface area contributed by atoms with E-state index in [-0.39, 0.29) is 22.7 Å². The SMILES string of the molecule is CCCCCCc1ccc(C2(c3ccc(CCCCCC)cc3)c3cc4c(cc3-c3sc(C5=CC=C(/C=C6\C(=O)c7ccccc7C6=C(C#N)C#N)C5)cc32)C(c2ccc(CCCCCC)cc2)(c2ccc(CCCCCC)cc2)c2cc(-c3ccc(/C=C5\C(=O)c6ccccc6C5=C(C#N)C#N)s3)sc2-4)cc1. The molecule has 5 aliphatic carbocycles. The minimum absolute atomic E-state index is 0.0700. The van der Waals surface area contributed by atoms with E-state index in [1.165, 1.54) is 165 Å². The number of hydrogen-bond acceptors (Lipinski definition) is 9. The van der Waals surface area contributed by atoms with Crippen LogP contribution in [0.2, 0.25) is 0 Å². The van der Waals surface area contributed by atoms with Crippen molar-refractivity contribution in [1.29, 1.82) is 21.0 Å². The van der Waals surface area contributed by atoms with Crippen LogP contribution in [-0.2, 0) is 36.5 Å². The highest BCUT2D eigenvalue weighted by Crippen LogP contribution is 2.66. The molecule has 0 saturated heterocycles. The number of thiophene rings is 3. The summed E-state index contributed by atoms with van der Waals surface area (Å²) >= 11 is 5.33. The Balaban J connectivity index is 0.951. The zero-order valence-electron chi connectivity index (χ0n) is 62.3. The molecular formula is C99H88N4O2S3. The molecule has 15 rings (SSSR count). The standard InChI is InChI=1S/C99H88N4O2S3/c1-5-9-13-17-25-64-34-43-72(44-35-64)98(73-45-36-65(37-46-73)26-18-14-10-6-2)85-57-82-86(56-81(85)96-87(98)58-90(107-96)69-42-33-68(53-69)54-83-92(70(60-100)61-101)77-29-21-23-31-79(77)94(83)104)99(74-47-38-66(39-48-74)27-19-15-11-7-3,75-49-40-67(41-50-75)28-20-16-12-8-4)88-59-91(108-97(82)88)89-52-51-76(106-89)55-84-93(71(62-102)63-103)78-30-22-24-32-80(78)95(84)105/h21-24,29-52,54-59H,5-20,25-28,53H2,1-4H3/b83-54-,84-55-. The molecule has 0 saturated carbocycles. The monoisotopic (exact) mass is 1460 g/mol. The molecule has 0 aliphatic heterocycles. The lowest BCUT2D eigenvalue weighted by molar-refractivity contribution is 0.103. The second kappa shape index (κ2) is 32.1. The number of aryl methyl sites for hydroxylation is 4. The normalized spacial score (nSPS) is 15.3. The van der Waals surface area contributed by atoms with Crippen LogP contribution in [0.3, 0.4) is 0 Å². The number of carbonyl (C=O) groups excluding carboxylic acids is 2. The fraction of sp³-hybridized carbons (Fsp3) is 0.273. The Bertz CT molecular complexity index is 5400. The van der Waals surface area contributed by atoms with E-state index in [4.69, 9.17) is 0 Å². The highest BCUT2D eigenvalue weighted by molar-refractivity contribution is 7.24. The van der Waals surface area contributed by atoms with E-state index in [2.05, 4.69) is 198 Å².